The number of hydrogen-bond acceptors (Lipinski definition) is 2. The summed E-state index contributed by atoms with van der Waals surface area (Å²) in [6.45, 7) is 0. The lowest BCUT2D eigenvalue weighted by Crippen LogP contribution is -1.99. The molecule has 2 rings (SSSR count). The van der Waals surface area contributed by atoms with Crippen LogP contribution in [-0.4, -0.2) is 11.1 Å². The van der Waals surface area contributed by atoms with Gasteiger partial charge in [0.25, 0.3) is 0 Å². The van der Waals surface area contributed by atoms with Crippen LogP contribution in [0.5, 0.6) is 0 Å². The van der Waals surface area contributed by atoms with Crippen LogP contribution in [0.3, 0.4) is 0 Å². The van der Waals surface area contributed by atoms with Crippen LogP contribution in [0.25, 0.3) is 0 Å². The van der Waals surface area contributed by atoms with Gasteiger partial charge >= 0.3 is 5.97 Å². The molecule has 0 atom stereocenters. The molecule has 0 aliphatic heterocycles. The summed E-state index contributed by atoms with van der Waals surface area (Å²) in [6.07, 6.45) is 0.603. The molecule has 1 aromatic carbocycles. The summed E-state index contributed by atoms with van der Waals surface area (Å²) in [7, 11) is 0. The van der Waals surface area contributed by atoms with Gasteiger partial charge < -0.3 is 5.11 Å². The first-order valence-corrected chi connectivity index (χ1v) is 6.01. The molecule has 1 N–H and O–H groups in total. The van der Waals surface area contributed by atoms with Crippen molar-refractivity contribution in [1.82, 2.24) is 0 Å². The lowest BCUT2D eigenvalue weighted by Gasteiger charge is -2.01. The summed E-state index contributed by atoms with van der Waals surface area (Å²) >= 11 is 7.28. The standard InChI is InChI=1S/C12H9ClO2S/c13-10-3-1-2-8(5-10)4-9-6-16-7-11(9)12(14)15/h1-3,5-7H,4H2,(H,14,15). The van der Waals surface area contributed by atoms with Crippen LogP contribution >= 0.6 is 22.9 Å². The molecule has 82 valence electrons. The van der Waals surface area contributed by atoms with E-state index in [-0.39, 0.29) is 0 Å². The Kier molecular flexibility index (Phi) is 3.27. The lowest BCUT2D eigenvalue weighted by molar-refractivity contribution is 0.0696. The molecule has 2 aromatic rings. The Bertz CT molecular complexity index is 519. The largest absolute Gasteiger partial charge is 0.478 e. The first-order chi connectivity index (χ1) is 7.66. The quantitative estimate of drug-likeness (QED) is 0.905. The summed E-state index contributed by atoms with van der Waals surface area (Å²) in [5.74, 6) is -0.877. The van der Waals surface area contributed by atoms with Crippen LogP contribution in [0.2, 0.25) is 5.02 Å². The van der Waals surface area contributed by atoms with Crippen molar-refractivity contribution in [2.75, 3.05) is 0 Å². The molecule has 0 unspecified atom stereocenters. The minimum absolute atomic E-state index is 0.380. The molecule has 4 heteroatoms. The van der Waals surface area contributed by atoms with E-state index in [1.54, 1.807) is 11.4 Å². The van der Waals surface area contributed by atoms with Gasteiger partial charge in [0, 0.05) is 10.4 Å². The first-order valence-electron chi connectivity index (χ1n) is 4.69. The summed E-state index contributed by atoms with van der Waals surface area (Å²) < 4.78 is 0. The number of benzene rings is 1. The van der Waals surface area contributed by atoms with E-state index in [2.05, 4.69) is 0 Å². The Balaban J connectivity index is 2.27. The lowest BCUT2D eigenvalue weighted by atomic mass is 10.0. The summed E-state index contributed by atoms with van der Waals surface area (Å²) in [6, 6.07) is 7.46. The van der Waals surface area contributed by atoms with Crippen LogP contribution in [0.15, 0.2) is 35.0 Å². The number of aromatic carboxylic acids is 1. The van der Waals surface area contributed by atoms with Crippen molar-refractivity contribution in [3.05, 3.63) is 56.7 Å². The van der Waals surface area contributed by atoms with Gasteiger partial charge in [-0.15, -0.1) is 0 Å². The van der Waals surface area contributed by atoms with Crippen molar-refractivity contribution in [3.63, 3.8) is 0 Å². The zero-order chi connectivity index (χ0) is 11.5. The number of carboxylic acid groups (broad SMARTS) is 1. The third-order valence-electron chi connectivity index (χ3n) is 2.26. The van der Waals surface area contributed by atoms with Crippen LogP contribution in [-0.2, 0) is 6.42 Å². The molecule has 0 amide bonds. The zero-order valence-corrected chi connectivity index (χ0v) is 9.89. The van der Waals surface area contributed by atoms with Gasteiger partial charge in [0.2, 0.25) is 0 Å². The van der Waals surface area contributed by atoms with E-state index in [9.17, 15) is 4.79 Å². The molecule has 0 aliphatic rings. The maximum Gasteiger partial charge on any atom is 0.336 e. The third-order valence-corrected chi connectivity index (χ3v) is 3.28. The molecule has 0 radical (unpaired) electrons. The Hall–Kier alpha value is -1.32. The van der Waals surface area contributed by atoms with E-state index in [0.29, 0.717) is 17.0 Å². The summed E-state index contributed by atoms with van der Waals surface area (Å²) in [5.41, 5.74) is 2.23. The van der Waals surface area contributed by atoms with Gasteiger partial charge in [-0.2, -0.15) is 11.3 Å². The number of hydrogen-bond donors (Lipinski definition) is 1. The van der Waals surface area contributed by atoms with E-state index in [1.807, 2.05) is 23.6 Å². The second kappa shape index (κ2) is 4.68. The second-order valence-electron chi connectivity index (χ2n) is 3.42. The van der Waals surface area contributed by atoms with Crippen LogP contribution in [0, 0.1) is 0 Å². The smallest absolute Gasteiger partial charge is 0.336 e. The predicted octanol–water partition coefficient (Wildman–Crippen LogP) is 3.69. The fourth-order valence-electron chi connectivity index (χ4n) is 1.51. The van der Waals surface area contributed by atoms with Crippen molar-refractivity contribution in [2.24, 2.45) is 0 Å². The highest BCUT2D eigenvalue weighted by molar-refractivity contribution is 7.08. The Morgan fingerprint density at radius 3 is 2.88 bits per heavy atom. The van der Waals surface area contributed by atoms with Gasteiger partial charge in [0.05, 0.1) is 5.56 Å². The van der Waals surface area contributed by atoms with Gasteiger partial charge in [0.15, 0.2) is 0 Å². The van der Waals surface area contributed by atoms with Crippen molar-refractivity contribution in [2.45, 2.75) is 6.42 Å². The van der Waals surface area contributed by atoms with Crippen LogP contribution in [0.1, 0.15) is 21.5 Å². The molecule has 0 aliphatic carbocycles. The fourth-order valence-corrected chi connectivity index (χ4v) is 2.56. The van der Waals surface area contributed by atoms with E-state index in [1.165, 1.54) is 11.3 Å². The van der Waals surface area contributed by atoms with Crippen LogP contribution < -0.4 is 0 Å². The molecule has 1 heterocycles. The molecular formula is C12H9ClO2S. The highest BCUT2D eigenvalue weighted by Gasteiger charge is 2.11. The third kappa shape index (κ3) is 2.43. The maximum atomic E-state index is 10.9. The number of halogens is 1. The average Bonchev–Trinajstić information content (AvgIpc) is 2.66. The molecular weight excluding hydrogens is 244 g/mol. The Labute approximate surface area is 102 Å². The highest BCUT2D eigenvalue weighted by Crippen LogP contribution is 2.20. The second-order valence-corrected chi connectivity index (χ2v) is 4.60. The monoisotopic (exact) mass is 252 g/mol. The molecule has 0 fully saturated rings. The molecule has 0 saturated carbocycles. The van der Waals surface area contributed by atoms with E-state index in [0.717, 1.165) is 11.1 Å². The van der Waals surface area contributed by atoms with Crippen molar-refractivity contribution >= 4 is 28.9 Å². The van der Waals surface area contributed by atoms with Gasteiger partial charge in [-0.3, -0.25) is 0 Å². The van der Waals surface area contributed by atoms with Crippen molar-refractivity contribution < 1.29 is 9.90 Å². The summed E-state index contributed by atoms with van der Waals surface area (Å²) in [4.78, 5) is 10.9. The normalized spacial score (nSPS) is 10.3. The minimum atomic E-state index is -0.877. The van der Waals surface area contributed by atoms with Crippen LogP contribution in [0.4, 0.5) is 0 Å². The van der Waals surface area contributed by atoms with E-state index in [4.69, 9.17) is 16.7 Å². The number of rotatable bonds is 3. The molecule has 2 nitrogen and oxygen atoms in total. The molecule has 0 bridgehead atoms. The predicted molar refractivity (Wildman–Crippen MR) is 65.5 cm³/mol. The zero-order valence-electron chi connectivity index (χ0n) is 8.31. The molecule has 0 saturated heterocycles. The average molecular weight is 253 g/mol. The van der Waals surface area contributed by atoms with Gasteiger partial charge in [0.1, 0.15) is 0 Å². The number of carboxylic acids is 1. The molecule has 1 aromatic heterocycles. The highest BCUT2D eigenvalue weighted by atomic mass is 35.5. The topological polar surface area (TPSA) is 37.3 Å². The summed E-state index contributed by atoms with van der Waals surface area (Å²) in [5, 5.41) is 13.2. The van der Waals surface area contributed by atoms with E-state index < -0.39 is 5.97 Å². The fraction of sp³-hybridized carbons (Fsp3) is 0.0833. The Morgan fingerprint density at radius 1 is 1.38 bits per heavy atom. The van der Waals surface area contributed by atoms with Crippen molar-refractivity contribution in [1.29, 1.82) is 0 Å². The Morgan fingerprint density at radius 2 is 2.19 bits per heavy atom. The van der Waals surface area contributed by atoms with Gasteiger partial charge in [-0.1, -0.05) is 23.7 Å². The van der Waals surface area contributed by atoms with Gasteiger partial charge in [-0.05, 0) is 35.1 Å². The SMILES string of the molecule is O=C(O)c1cscc1Cc1cccc(Cl)c1. The number of carbonyl (C=O) groups is 1. The van der Waals surface area contributed by atoms with E-state index >= 15 is 0 Å². The van der Waals surface area contributed by atoms with Crippen molar-refractivity contribution in [3.8, 4) is 0 Å². The first kappa shape index (κ1) is 11.2. The number of thiophene rings is 1. The van der Waals surface area contributed by atoms with Gasteiger partial charge in [-0.25, -0.2) is 4.79 Å². The molecule has 16 heavy (non-hydrogen) atoms. The maximum absolute atomic E-state index is 10.9. The molecule has 0 spiro atoms. The minimum Gasteiger partial charge on any atom is -0.478 e.